The fourth-order valence-electron chi connectivity index (χ4n) is 5.53. The number of anilines is 1. The molecule has 4 aromatic carbocycles. The second-order valence-electron chi connectivity index (χ2n) is 10.6. The van der Waals surface area contributed by atoms with Gasteiger partial charge in [0.05, 0.1) is 25.3 Å². The number of Topliss-reactive ketones (excluding diaryl/α,β-unsaturated/α-hetero) is 1. The van der Waals surface area contributed by atoms with Crippen molar-refractivity contribution in [2.75, 3.05) is 18.6 Å². The third kappa shape index (κ3) is 5.79. The van der Waals surface area contributed by atoms with Crippen molar-refractivity contribution >= 4 is 56.5 Å². The number of carbonyl (C=O) groups is 2. The molecule has 0 bridgehead atoms. The maximum absolute atomic E-state index is 13.8. The number of aliphatic hydroxyl groups excluding tert-OH is 1. The molecule has 0 radical (unpaired) electrons. The Morgan fingerprint density at radius 3 is 2.58 bits per heavy atom. The van der Waals surface area contributed by atoms with Crippen LogP contribution in [-0.4, -0.2) is 40.7 Å². The number of amides is 1. The summed E-state index contributed by atoms with van der Waals surface area (Å²) in [6.07, 6.45) is 0. The summed E-state index contributed by atoms with van der Waals surface area (Å²) < 4.78 is 12.0. The van der Waals surface area contributed by atoms with E-state index in [0.29, 0.717) is 39.3 Å². The van der Waals surface area contributed by atoms with Gasteiger partial charge < -0.3 is 14.6 Å². The summed E-state index contributed by atoms with van der Waals surface area (Å²) in [5.74, 6) is -0.215. The number of aryl methyl sites for hydroxylation is 2. The van der Waals surface area contributed by atoms with Gasteiger partial charge in [0.2, 0.25) is 5.13 Å². The van der Waals surface area contributed by atoms with Crippen LogP contribution in [0, 0.1) is 13.8 Å². The van der Waals surface area contributed by atoms with Crippen molar-refractivity contribution in [3.05, 3.63) is 112 Å². The Labute approximate surface area is 269 Å². The molecule has 228 valence electrons. The maximum Gasteiger partial charge on any atom is 0.301 e. The number of hydrogen-bond acceptors (Lipinski definition) is 9. The van der Waals surface area contributed by atoms with Crippen molar-refractivity contribution in [3.8, 4) is 11.5 Å². The molecule has 1 fully saturated rings. The van der Waals surface area contributed by atoms with Gasteiger partial charge in [-0.2, -0.15) is 0 Å². The molecule has 10 heteroatoms. The fraction of sp³-hybridized carbons (Fsp3) is 0.200. The van der Waals surface area contributed by atoms with E-state index in [4.69, 9.17) is 9.47 Å². The number of rotatable bonds is 9. The second kappa shape index (κ2) is 12.7. The largest absolute Gasteiger partial charge is 0.507 e. The molecule has 1 aromatic heterocycles. The molecule has 5 aromatic rings. The van der Waals surface area contributed by atoms with Gasteiger partial charge in [0.25, 0.3) is 5.78 Å². The zero-order valence-corrected chi connectivity index (χ0v) is 26.9. The van der Waals surface area contributed by atoms with Gasteiger partial charge in [0.1, 0.15) is 5.76 Å². The molecule has 45 heavy (non-hydrogen) atoms. The topological polar surface area (TPSA) is 102 Å². The molecule has 1 N–H and O–H groups in total. The summed E-state index contributed by atoms with van der Waals surface area (Å²) in [4.78, 5) is 28.8. The van der Waals surface area contributed by atoms with Crippen LogP contribution in [0.2, 0.25) is 0 Å². The molecule has 1 unspecified atom stereocenters. The van der Waals surface area contributed by atoms with Gasteiger partial charge in [0.15, 0.2) is 15.8 Å². The van der Waals surface area contributed by atoms with Crippen molar-refractivity contribution in [3.63, 3.8) is 0 Å². The Bertz CT molecular complexity index is 1960. The Morgan fingerprint density at radius 1 is 0.978 bits per heavy atom. The van der Waals surface area contributed by atoms with Crippen LogP contribution in [0.4, 0.5) is 5.13 Å². The molecule has 1 aliphatic heterocycles. The third-order valence-electron chi connectivity index (χ3n) is 7.73. The molecule has 0 saturated carbocycles. The van der Waals surface area contributed by atoms with E-state index in [0.717, 1.165) is 22.1 Å². The normalized spacial score (nSPS) is 16.0. The Morgan fingerprint density at radius 2 is 1.78 bits per heavy atom. The van der Waals surface area contributed by atoms with E-state index >= 15 is 0 Å². The summed E-state index contributed by atoms with van der Waals surface area (Å²) in [6.45, 7) is 6.06. The maximum atomic E-state index is 13.8. The molecular weight excluding hydrogens is 607 g/mol. The van der Waals surface area contributed by atoms with E-state index < -0.39 is 17.7 Å². The minimum absolute atomic E-state index is 0.0277. The Hall–Kier alpha value is -4.67. The van der Waals surface area contributed by atoms with Crippen molar-refractivity contribution in [2.24, 2.45) is 0 Å². The lowest BCUT2D eigenvalue weighted by Crippen LogP contribution is -2.29. The lowest BCUT2D eigenvalue weighted by Gasteiger charge is -2.23. The highest BCUT2D eigenvalue weighted by molar-refractivity contribution is 8.00. The predicted octanol–water partition coefficient (Wildman–Crippen LogP) is 7.63. The number of carbonyl (C=O) groups excluding carboxylic acids is 2. The van der Waals surface area contributed by atoms with Crippen LogP contribution in [0.3, 0.4) is 0 Å². The van der Waals surface area contributed by atoms with Crippen LogP contribution >= 0.6 is 23.1 Å². The number of ketones is 1. The zero-order chi connectivity index (χ0) is 31.7. The minimum Gasteiger partial charge on any atom is -0.507 e. The average Bonchev–Trinajstić information content (AvgIpc) is 3.62. The number of hydrogen-bond donors (Lipinski definition) is 1. The van der Waals surface area contributed by atoms with E-state index in [1.807, 2.05) is 51.1 Å². The quantitative estimate of drug-likeness (QED) is 0.0579. The summed E-state index contributed by atoms with van der Waals surface area (Å²) in [6, 6.07) is 24.3. The number of aliphatic hydroxyl groups is 1. The van der Waals surface area contributed by atoms with Gasteiger partial charge in [-0.3, -0.25) is 14.5 Å². The van der Waals surface area contributed by atoms with E-state index in [1.165, 1.54) is 40.5 Å². The molecule has 0 aliphatic carbocycles. The highest BCUT2D eigenvalue weighted by Gasteiger charge is 2.48. The third-order valence-corrected chi connectivity index (χ3v) is 9.83. The van der Waals surface area contributed by atoms with Crippen molar-refractivity contribution in [1.29, 1.82) is 0 Å². The monoisotopic (exact) mass is 637 g/mol. The van der Waals surface area contributed by atoms with Gasteiger partial charge in [-0.05, 0) is 66.4 Å². The van der Waals surface area contributed by atoms with E-state index in [1.54, 1.807) is 24.3 Å². The molecule has 2 heterocycles. The summed E-state index contributed by atoms with van der Waals surface area (Å²) in [5.41, 5.74) is 3.86. The zero-order valence-electron chi connectivity index (χ0n) is 25.2. The lowest BCUT2D eigenvalue weighted by molar-refractivity contribution is -0.132. The standard InChI is InChI=1S/C35H31N3O5S2/c1-5-43-27-16-15-23(18-28(27)42-4)30-29(31(39)26-17-20(2)13-14-21(26)3)32(40)33(41)38(30)34-36-37-35(45-34)44-19-24-11-8-10-22-9-6-7-12-25(22)24/h6-18,30,39H,5,19H2,1-4H3/b31-29+. The first kappa shape index (κ1) is 30.4. The van der Waals surface area contributed by atoms with Crippen LogP contribution in [-0.2, 0) is 15.3 Å². The van der Waals surface area contributed by atoms with E-state index in [-0.39, 0.29) is 16.5 Å². The number of methoxy groups -OCH3 is 1. The summed E-state index contributed by atoms with van der Waals surface area (Å²) in [5, 5.41) is 23.0. The van der Waals surface area contributed by atoms with Crippen molar-refractivity contribution in [2.45, 2.75) is 36.9 Å². The van der Waals surface area contributed by atoms with Gasteiger partial charge in [-0.15, -0.1) is 10.2 Å². The molecular formula is C35H31N3O5S2. The van der Waals surface area contributed by atoms with Gasteiger partial charge >= 0.3 is 5.91 Å². The van der Waals surface area contributed by atoms with Crippen LogP contribution in [0.5, 0.6) is 11.5 Å². The van der Waals surface area contributed by atoms with Gasteiger partial charge in [0, 0.05) is 11.3 Å². The van der Waals surface area contributed by atoms with Crippen molar-refractivity contribution < 1.29 is 24.2 Å². The molecule has 1 atom stereocenters. The van der Waals surface area contributed by atoms with Crippen LogP contribution in [0.25, 0.3) is 16.5 Å². The fourth-order valence-corrected chi connectivity index (χ4v) is 7.40. The number of fused-ring (bicyclic) bond motifs is 1. The van der Waals surface area contributed by atoms with Gasteiger partial charge in [-0.1, -0.05) is 89.3 Å². The first-order valence-electron chi connectivity index (χ1n) is 14.4. The molecule has 0 spiro atoms. The van der Waals surface area contributed by atoms with E-state index in [2.05, 4.69) is 34.5 Å². The summed E-state index contributed by atoms with van der Waals surface area (Å²) in [7, 11) is 1.53. The SMILES string of the molecule is CCOc1ccc(C2/C(=C(\O)c3cc(C)ccc3C)C(=O)C(=O)N2c2nnc(SCc3cccc4ccccc34)s2)cc1OC. The highest BCUT2D eigenvalue weighted by Crippen LogP contribution is 2.46. The van der Waals surface area contributed by atoms with Crippen LogP contribution in [0.15, 0.2) is 88.8 Å². The molecule has 1 amide bonds. The van der Waals surface area contributed by atoms with Crippen LogP contribution in [0.1, 0.15) is 40.8 Å². The molecule has 8 nitrogen and oxygen atoms in total. The molecule has 1 saturated heterocycles. The van der Waals surface area contributed by atoms with Crippen LogP contribution < -0.4 is 14.4 Å². The average molecular weight is 638 g/mol. The van der Waals surface area contributed by atoms with Crippen molar-refractivity contribution in [1.82, 2.24) is 10.2 Å². The first-order valence-corrected chi connectivity index (χ1v) is 16.2. The number of ether oxygens (including phenoxy) is 2. The smallest absolute Gasteiger partial charge is 0.301 e. The first-order chi connectivity index (χ1) is 21.8. The lowest BCUT2D eigenvalue weighted by atomic mass is 9.93. The number of thioether (sulfide) groups is 1. The molecule has 1 aliphatic rings. The molecule has 6 rings (SSSR count). The Kier molecular flexibility index (Phi) is 8.60. The van der Waals surface area contributed by atoms with Gasteiger partial charge in [-0.25, -0.2) is 0 Å². The number of aromatic nitrogens is 2. The minimum atomic E-state index is -0.974. The second-order valence-corrected chi connectivity index (χ2v) is 12.8. The Balaban J connectivity index is 1.42. The summed E-state index contributed by atoms with van der Waals surface area (Å²) >= 11 is 2.74. The number of nitrogens with zero attached hydrogens (tertiary/aromatic N) is 3. The predicted molar refractivity (Wildman–Crippen MR) is 178 cm³/mol. The van der Waals surface area contributed by atoms with E-state index in [9.17, 15) is 14.7 Å². The number of benzene rings is 4. The highest BCUT2D eigenvalue weighted by atomic mass is 32.2.